The molecule has 3 aromatic carbocycles. The second-order valence-electron chi connectivity index (χ2n) is 7.38. The lowest BCUT2D eigenvalue weighted by atomic mass is 10.1. The maximum absolute atomic E-state index is 12.8. The van der Waals surface area contributed by atoms with Crippen LogP contribution >= 0.6 is 0 Å². The fraction of sp³-hybridized carbons (Fsp3) is 0.120. The van der Waals surface area contributed by atoms with Gasteiger partial charge in [0.05, 0.1) is 16.1 Å². The van der Waals surface area contributed by atoms with Crippen LogP contribution in [0.2, 0.25) is 0 Å². The first-order chi connectivity index (χ1) is 15.8. The average Bonchev–Trinajstić information content (AvgIpc) is 3.19. The van der Waals surface area contributed by atoms with Gasteiger partial charge in [0.15, 0.2) is 12.4 Å². The third-order valence-corrected chi connectivity index (χ3v) is 7.10. The molecule has 1 heterocycles. The third-order valence-electron chi connectivity index (χ3n) is 5.30. The summed E-state index contributed by atoms with van der Waals surface area (Å²) in [6.07, 6.45) is 0. The standard InChI is InChI=1S/C25H21NO6S/c1-17-21-10-6-7-11-23(21)32-24(17)22(27)16-31-25(28)18-12-14-20(15-13-18)33(29,30)26(2)19-8-4-3-5-9-19/h3-15H,16H2,1-2H3. The number of benzene rings is 3. The summed E-state index contributed by atoms with van der Waals surface area (Å²) in [5.41, 5.74) is 1.91. The van der Waals surface area contributed by atoms with Crippen molar-refractivity contribution in [1.82, 2.24) is 0 Å². The highest BCUT2D eigenvalue weighted by Crippen LogP contribution is 2.25. The second-order valence-corrected chi connectivity index (χ2v) is 9.35. The molecule has 0 unspecified atom stereocenters. The SMILES string of the molecule is Cc1c(C(=O)COC(=O)c2ccc(S(=O)(=O)N(C)c3ccccc3)cc2)oc2ccccc12. The number of hydrogen-bond donors (Lipinski definition) is 0. The minimum atomic E-state index is -3.80. The number of ketones is 1. The van der Waals surface area contributed by atoms with E-state index in [9.17, 15) is 18.0 Å². The number of rotatable bonds is 7. The molecule has 0 atom stereocenters. The number of furan rings is 1. The van der Waals surface area contributed by atoms with Gasteiger partial charge in [0.25, 0.3) is 10.0 Å². The van der Waals surface area contributed by atoms with Crippen LogP contribution in [0, 0.1) is 6.92 Å². The van der Waals surface area contributed by atoms with E-state index in [4.69, 9.17) is 9.15 Å². The predicted octanol–water partition coefficient (Wildman–Crippen LogP) is 4.61. The van der Waals surface area contributed by atoms with Crippen LogP contribution in [0.4, 0.5) is 5.69 Å². The highest BCUT2D eigenvalue weighted by molar-refractivity contribution is 7.92. The Bertz CT molecular complexity index is 1420. The number of carbonyl (C=O) groups is 2. The van der Waals surface area contributed by atoms with Crippen molar-refractivity contribution in [3.8, 4) is 0 Å². The smallest absolute Gasteiger partial charge is 0.338 e. The molecule has 8 heteroatoms. The van der Waals surface area contributed by atoms with Crippen LogP contribution in [0.5, 0.6) is 0 Å². The summed E-state index contributed by atoms with van der Waals surface area (Å²) in [5, 5.41) is 0.824. The molecule has 0 bridgehead atoms. The lowest BCUT2D eigenvalue weighted by Crippen LogP contribution is -2.26. The Morgan fingerprint density at radius 2 is 1.55 bits per heavy atom. The van der Waals surface area contributed by atoms with Gasteiger partial charge in [0, 0.05) is 18.0 Å². The van der Waals surface area contributed by atoms with Crippen LogP contribution in [-0.4, -0.2) is 33.8 Å². The zero-order chi connectivity index (χ0) is 23.6. The maximum atomic E-state index is 12.8. The van der Waals surface area contributed by atoms with E-state index in [2.05, 4.69) is 0 Å². The first-order valence-electron chi connectivity index (χ1n) is 10.1. The molecular formula is C25H21NO6S. The van der Waals surface area contributed by atoms with E-state index < -0.39 is 28.4 Å². The molecule has 7 nitrogen and oxygen atoms in total. The molecule has 0 amide bonds. The molecule has 0 N–H and O–H groups in total. The quantitative estimate of drug-likeness (QED) is 0.294. The molecule has 0 spiro atoms. The van der Waals surface area contributed by atoms with E-state index in [1.165, 1.54) is 31.3 Å². The predicted molar refractivity (Wildman–Crippen MR) is 124 cm³/mol. The van der Waals surface area contributed by atoms with Gasteiger partial charge in [-0.05, 0) is 49.4 Å². The summed E-state index contributed by atoms with van der Waals surface area (Å²) in [6.45, 7) is 1.28. The normalized spacial score (nSPS) is 11.3. The van der Waals surface area contributed by atoms with Crippen LogP contribution in [-0.2, 0) is 14.8 Å². The van der Waals surface area contributed by atoms with Crippen LogP contribution < -0.4 is 4.31 Å². The van der Waals surface area contributed by atoms with Gasteiger partial charge in [-0.2, -0.15) is 0 Å². The Balaban J connectivity index is 1.44. The Hall–Kier alpha value is -3.91. The van der Waals surface area contributed by atoms with E-state index in [1.54, 1.807) is 49.4 Å². The number of para-hydroxylation sites is 2. The summed E-state index contributed by atoms with van der Waals surface area (Å²) < 4.78 is 37.6. The first kappa shape index (κ1) is 22.3. The highest BCUT2D eigenvalue weighted by Gasteiger charge is 2.23. The Labute approximate surface area is 191 Å². The van der Waals surface area contributed by atoms with Crippen molar-refractivity contribution in [3.63, 3.8) is 0 Å². The van der Waals surface area contributed by atoms with Crippen molar-refractivity contribution in [3.05, 3.63) is 95.7 Å². The van der Waals surface area contributed by atoms with Crippen molar-refractivity contribution in [2.75, 3.05) is 18.0 Å². The highest BCUT2D eigenvalue weighted by atomic mass is 32.2. The first-order valence-corrected chi connectivity index (χ1v) is 11.6. The zero-order valence-corrected chi connectivity index (χ0v) is 18.8. The van der Waals surface area contributed by atoms with Crippen LogP contribution in [0.15, 0.2) is 88.2 Å². The van der Waals surface area contributed by atoms with Crippen molar-refractivity contribution >= 4 is 38.4 Å². The number of ether oxygens (including phenoxy) is 1. The largest absolute Gasteiger partial charge is 0.454 e. The fourth-order valence-electron chi connectivity index (χ4n) is 3.42. The van der Waals surface area contributed by atoms with Crippen molar-refractivity contribution in [1.29, 1.82) is 0 Å². The van der Waals surface area contributed by atoms with Crippen molar-refractivity contribution in [2.45, 2.75) is 11.8 Å². The maximum Gasteiger partial charge on any atom is 0.338 e. The Morgan fingerprint density at radius 3 is 2.21 bits per heavy atom. The molecule has 0 saturated heterocycles. The van der Waals surface area contributed by atoms with Crippen LogP contribution in [0.25, 0.3) is 11.0 Å². The molecule has 4 rings (SSSR count). The number of anilines is 1. The van der Waals surface area contributed by atoms with E-state index in [-0.39, 0.29) is 16.2 Å². The number of esters is 1. The van der Waals surface area contributed by atoms with E-state index >= 15 is 0 Å². The molecular weight excluding hydrogens is 442 g/mol. The minimum Gasteiger partial charge on any atom is -0.454 e. The summed E-state index contributed by atoms with van der Waals surface area (Å²) in [4.78, 5) is 24.9. The lowest BCUT2D eigenvalue weighted by Gasteiger charge is -2.19. The molecule has 168 valence electrons. The molecule has 0 saturated carbocycles. The summed E-state index contributed by atoms with van der Waals surface area (Å²) in [7, 11) is -2.34. The van der Waals surface area contributed by atoms with E-state index in [1.807, 2.05) is 12.1 Å². The van der Waals surface area contributed by atoms with Crippen molar-refractivity contribution in [2.24, 2.45) is 0 Å². The van der Waals surface area contributed by atoms with Gasteiger partial charge in [-0.15, -0.1) is 0 Å². The van der Waals surface area contributed by atoms with Crippen LogP contribution in [0.3, 0.4) is 0 Å². The monoisotopic (exact) mass is 463 g/mol. The number of nitrogens with zero attached hydrogens (tertiary/aromatic N) is 1. The lowest BCUT2D eigenvalue weighted by molar-refractivity contribution is 0.0468. The van der Waals surface area contributed by atoms with Gasteiger partial charge in [-0.3, -0.25) is 9.10 Å². The zero-order valence-electron chi connectivity index (χ0n) is 18.0. The van der Waals surface area contributed by atoms with Gasteiger partial charge in [0.1, 0.15) is 5.58 Å². The number of Topliss-reactive ketones (excluding diaryl/α,β-unsaturated/α-hetero) is 1. The van der Waals surface area contributed by atoms with Gasteiger partial charge in [-0.25, -0.2) is 13.2 Å². The van der Waals surface area contributed by atoms with Gasteiger partial charge in [-0.1, -0.05) is 36.4 Å². The number of sulfonamides is 1. The molecule has 4 aromatic rings. The molecule has 0 aliphatic rings. The van der Waals surface area contributed by atoms with Crippen LogP contribution in [0.1, 0.15) is 26.5 Å². The molecule has 33 heavy (non-hydrogen) atoms. The molecule has 0 aliphatic heterocycles. The van der Waals surface area contributed by atoms with E-state index in [0.717, 1.165) is 9.69 Å². The average molecular weight is 464 g/mol. The topological polar surface area (TPSA) is 93.9 Å². The number of fused-ring (bicyclic) bond motifs is 1. The Kier molecular flexibility index (Phi) is 6.02. The third kappa shape index (κ3) is 4.38. The number of hydrogen-bond acceptors (Lipinski definition) is 6. The van der Waals surface area contributed by atoms with Gasteiger partial charge < -0.3 is 9.15 Å². The molecule has 1 aromatic heterocycles. The second kappa shape index (κ2) is 8.91. The molecule has 0 aliphatic carbocycles. The minimum absolute atomic E-state index is 0.0272. The summed E-state index contributed by atoms with van der Waals surface area (Å²) >= 11 is 0. The summed E-state index contributed by atoms with van der Waals surface area (Å²) in [5.74, 6) is -1.05. The Morgan fingerprint density at radius 1 is 0.909 bits per heavy atom. The van der Waals surface area contributed by atoms with Gasteiger partial charge >= 0.3 is 5.97 Å². The van der Waals surface area contributed by atoms with Crippen molar-refractivity contribution < 1.29 is 27.2 Å². The number of carbonyl (C=O) groups excluding carboxylic acids is 2. The van der Waals surface area contributed by atoms with E-state index in [0.29, 0.717) is 16.8 Å². The number of aryl methyl sites for hydroxylation is 1. The molecule has 0 radical (unpaired) electrons. The molecule has 0 fully saturated rings. The fourth-order valence-corrected chi connectivity index (χ4v) is 4.61. The summed E-state index contributed by atoms with van der Waals surface area (Å²) in [6, 6.07) is 21.3. The van der Waals surface area contributed by atoms with Gasteiger partial charge in [0.2, 0.25) is 5.78 Å².